The summed E-state index contributed by atoms with van der Waals surface area (Å²) in [6.45, 7) is 3.19. The molecule has 1 unspecified atom stereocenters. The molecule has 0 radical (unpaired) electrons. The summed E-state index contributed by atoms with van der Waals surface area (Å²) in [4.78, 5) is 0. The fraction of sp³-hybridized carbons (Fsp3) is 0.481. The van der Waals surface area contributed by atoms with Crippen molar-refractivity contribution < 1.29 is 9.84 Å². The molecule has 0 bridgehead atoms. The molecular weight excluding hydrogens is 370 g/mol. The van der Waals surface area contributed by atoms with Gasteiger partial charge in [-0.15, -0.1) is 0 Å². The highest BCUT2D eigenvalue weighted by molar-refractivity contribution is 5.86. The number of allylic oxidation sites excluding steroid dienone is 2. The van der Waals surface area contributed by atoms with E-state index in [2.05, 4.69) is 72.9 Å². The third-order valence-corrected chi connectivity index (χ3v) is 7.45. The number of benzene rings is 2. The first-order chi connectivity index (χ1) is 14.6. The van der Waals surface area contributed by atoms with Crippen molar-refractivity contribution in [2.24, 2.45) is 11.8 Å². The van der Waals surface area contributed by atoms with E-state index in [-0.39, 0.29) is 0 Å². The zero-order valence-corrected chi connectivity index (χ0v) is 17.9. The quantitative estimate of drug-likeness (QED) is 0.711. The Kier molecular flexibility index (Phi) is 5.53. The lowest BCUT2D eigenvalue weighted by Gasteiger charge is -2.40. The molecule has 1 saturated carbocycles. The van der Waals surface area contributed by atoms with Gasteiger partial charge in [-0.2, -0.15) is 0 Å². The summed E-state index contributed by atoms with van der Waals surface area (Å²) in [6.07, 6.45) is 12.9. The van der Waals surface area contributed by atoms with Crippen LogP contribution in [0.3, 0.4) is 0 Å². The van der Waals surface area contributed by atoms with Crippen LogP contribution >= 0.6 is 0 Å². The Morgan fingerprint density at radius 2 is 1.93 bits per heavy atom. The molecule has 2 aromatic carbocycles. The fourth-order valence-corrected chi connectivity index (χ4v) is 5.63. The molecule has 2 fully saturated rings. The van der Waals surface area contributed by atoms with Crippen LogP contribution in [0.2, 0.25) is 0 Å². The minimum atomic E-state index is -0.730. The van der Waals surface area contributed by atoms with Crippen LogP contribution in [-0.4, -0.2) is 30.0 Å². The molecule has 3 heteroatoms. The summed E-state index contributed by atoms with van der Waals surface area (Å²) in [5, 5.41) is 17.1. The van der Waals surface area contributed by atoms with Gasteiger partial charge in [0.25, 0.3) is 0 Å². The van der Waals surface area contributed by atoms with E-state index < -0.39 is 5.60 Å². The molecule has 1 heterocycles. The Balaban J connectivity index is 1.22. The molecule has 2 N–H and O–H groups in total. The van der Waals surface area contributed by atoms with Crippen molar-refractivity contribution in [3.05, 3.63) is 71.8 Å². The molecule has 30 heavy (non-hydrogen) atoms. The number of ether oxygens (including phenoxy) is 1. The zero-order chi connectivity index (χ0) is 20.6. The van der Waals surface area contributed by atoms with E-state index in [1.165, 1.54) is 42.0 Å². The van der Waals surface area contributed by atoms with Crippen LogP contribution in [0.4, 0.5) is 0 Å². The minimum Gasteiger partial charge on any atom is -0.380 e. The molecule has 0 amide bonds. The highest BCUT2D eigenvalue weighted by Crippen LogP contribution is 2.38. The Morgan fingerprint density at radius 3 is 2.70 bits per heavy atom. The smallest absolute Gasteiger partial charge is 0.136 e. The lowest BCUT2D eigenvalue weighted by molar-refractivity contribution is -0.152. The van der Waals surface area contributed by atoms with Crippen LogP contribution in [0.1, 0.15) is 50.6 Å². The topological polar surface area (TPSA) is 41.5 Å². The van der Waals surface area contributed by atoms with Crippen molar-refractivity contribution in [3.63, 3.8) is 0 Å². The normalized spacial score (nSPS) is 29.3. The Labute approximate surface area is 179 Å². The molecule has 5 rings (SSSR count). The predicted octanol–water partition coefficient (Wildman–Crippen LogP) is 5.31. The molecule has 3 aliphatic rings. The first-order valence-corrected chi connectivity index (χ1v) is 11.5. The second-order valence-corrected chi connectivity index (χ2v) is 9.52. The van der Waals surface area contributed by atoms with Crippen molar-refractivity contribution in [1.82, 2.24) is 5.32 Å². The highest BCUT2D eigenvalue weighted by atomic mass is 16.5. The van der Waals surface area contributed by atoms with Gasteiger partial charge in [0.05, 0.1) is 13.2 Å². The lowest BCUT2D eigenvalue weighted by atomic mass is 9.73. The van der Waals surface area contributed by atoms with Gasteiger partial charge in [0.1, 0.15) is 5.60 Å². The maximum atomic E-state index is 10.5. The van der Waals surface area contributed by atoms with Gasteiger partial charge in [0.2, 0.25) is 0 Å². The number of hydrogen-bond donors (Lipinski definition) is 2. The number of aliphatic hydroxyl groups is 1. The maximum Gasteiger partial charge on any atom is 0.136 e. The van der Waals surface area contributed by atoms with Crippen LogP contribution in [0.5, 0.6) is 0 Å². The van der Waals surface area contributed by atoms with Crippen LogP contribution in [0, 0.1) is 11.8 Å². The SMILES string of the molecule is C[C@@H](N[C@H]1CCC[C@H](C2C=CC(C3(O)COC3)=CC2)C1)c1cccc2ccccc12. The zero-order valence-electron chi connectivity index (χ0n) is 17.9. The van der Waals surface area contributed by atoms with E-state index in [0.29, 0.717) is 31.2 Å². The van der Waals surface area contributed by atoms with Crippen LogP contribution in [0.15, 0.2) is 66.3 Å². The highest BCUT2D eigenvalue weighted by Gasteiger charge is 2.40. The van der Waals surface area contributed by atoms with E-state index >= 15 is 0 Å². The van der Waals surface area contributed by atoms with Crippen LogP contribution < -0.4 is 5.32 Å². The van der Waals surface area contributed by atoms with Gasteiger partial charge in [-0.25, -0.2) is 0 Å². The predicted molar refractivity (Wildman–Crippen MR) is 122 cm³/mol. The van der Waals surface area contributed by atoms with E-state index in [1.807, 2.05) is 0 Å². The fourth-order valence-electron chi connectivity index (χ4n) is 5.63. The Hall–Kier alpha value is -1.94. The molecule has 1 aliphatic heterocycles. The second kappa shape index (κ2) is 8.30. The number of hydrogen-bond acceptors (Lipinski definition) is 3. The number of rotatable bonds is 5. The molecular formula is C27H33NO2. The van der Waals surface area contributed by atoms with Crippen molar-refractivity contribution in [3.8, 4) is 0 Å². The van der Waals surface area contributed by atoms with Gasteiger partial charge >= 0.3 is 0 Å². The largest absolute Gasteiger partial charge is 0.380 e. The van der Waals surface area contributed by atoms with Crippen molar-refractivity contribution in [2.45, 2.75) is 56.7 Å². The lowest BCUT2D eigenvalue weighted by Crippen LogP contribution is -2.51. The summed E-state index contributed by atoms with van der Waals surface area (Å²) >= 11 is 0. The van der Waals surface area contributed by atoms with Crippen LogP contribution in [-0.2, 0) is 4.74 Å². The summed E-state index contributed by atoms with van der Waals surface area (Å²) in [5.74, 6) is 1.31. The van der Waals surface area contributed by atoms with Gasteiger partial charge in [0, 0.05) is 12.1 Å². The summed E-state index contributed by atoms with van der Waals surface area (Å²) in [6, 6.07) is 16.3. The van der Waals surface area contributed by atoms with Crippen molar-refractivity contribution >= 4 is 10.8 Å². The van der Waals surface area contributed by atoms with E-state index in [1.54, 1.807) is 0 Å². The van der Waals surface area contributed by atoms with Gasteiger partial charge in [-0.1, -0.05) is 67.1 Å². The summed E-state index contributed by atoms with van der Waals surface area (Å²) in [5.41, 5.74) is 1.72. The van der Waals surface area contributed by atoms with Crippen molar-refractivity contribution in [2.75, 3.05) is 13.2 Å². The van der Waals surface area contributed by atoms with E-state index in [0.717, 1.165) is 17.9 Å². The Bertz CT molecular complexity index is 953. The van der Waals surface area contributed by atoms with Gasteiger partial charge in [0.15, 0.2) is 0 Å². The van der Waals surface area contributed by atoms with Crippen LogP contribution in [0.25, 0.3) is 10.8 Å². The Morgan fingerprint density at radius 1 is 1.10 bits per heavy atom. The second-order valence-electron chi connectivity index (χ2n) is 9.52. The minimum absolute atomic E-state index is 0.348. The number of fused-ring (bicyclic) bond motifs is 1. The number of nitrogens with one attached hydrogen (secondary N) is 1. The molecule has 3 nitrogen and oxygen atoms in total. The average Bonchev–Trinajstić information content (AvgIpc) is 2.77. The van der Waals surface area contributed by atoms with Gasteiger partial charge in [-0.3, -0.25) is 0 Å². The molecule has 158 valence electrons. The monoisotopic (exact) mass is 403 g/mol. The molecule has 4 atom stereocenters. The van der Waals surface area contributed by atoms with Crippen molar-refractivity contribution in [1.29, 1.82) is 0 Å². The summed E-state index contributed by atoms with van der Waals surface area (Å²) < 4.78 is 5.22. The molecule has 0 aromatic heterocycles. The van der Waals surface area contributed by atoms with Gasteiger partial charge < -0.3 is 15.2 Å². The first kappa shape index (κ1) is 20.0. The van der Waals surface area contributed by atoms with Gasteiger partial charge in [-0.05, 0) is 66.4 Å². The third-order valence-electron chi connectivity index (χ3n) is 7.45. The molecule has 2 aliphatic carbocycles. The van der Waals surface area contributed by atoms with E-state index in [9.17, 15) is 5.11 Å². The standard InChI is InChI=1S/C27H33NO2/c1-19(25-11-5-7-21-6-2-3-10-26(21)25)28-24-9-4-8-22(16-24)20-12-14-23(15-13-20)27(29)17-30-18-27/h2-3,5-7,10-12,14-15,19-20,22,24,28-29H,4,8-9,13,16-18H2,1H3/t19-,20?,22+,24+/m1/s1. The maximum absolute atomic E-state index is 10.5. The molecule has 2 aromatic rings. The summed E-state index contributed by atoms with van der Waals surface area (Å²) in [7, 11) is 0. The third kappa shape index (κ3) is 3.87. The average molecular weight is 404 g/mol. The molecule has 1 saturated heterocycles. The molecule has 0 spiro atoms. The first-order valence-electron chi connectivity index (χ1n) is 11.5. The van der Waals surface area contributed by atoms with E-state index in [4.69, 9.17) is 4.74 Å².